The second-order valence-corrected chi connectivity index (χ2v) is 5.33. The number of hydrogen-bond acceptors (Lipinski definition) is 3. The fourth-order valence-electron chi connectivity index (χ4n) is 2.36. The zero-order valence-corrected chi connectivity index (χ0v) is 12.3. The molecule has 0 bridgehead atoms. The molecule has 1 amide bonds. The molecule has 1 N–H and O–H groups in total. The zero-order valence-electron chi connectivity index (χ0n) is 11.5. The lowest BCUT2D eigenvalue weighted by Gasteiger charge is -2.30. The van der Waals surface area contributed by atoms with Gasteiger partial charge in [0.1, 0.15) is 0 Å². The third-order valence-electron chi connectivity index (χ3n) is 3.53. The Balaban J connectivity index is 1.83. The summed E-state index contributed by atoms with van der Waals surface area (Å²) < 4.78 is 0. The fraction of sp³-hybridized carbons (Fsp3) is 0.125. The Hall–Kier alpha value is -2.60. The summed E-state index contributed by atoms with van der Waals surface area (Å²) in [5, 5.41) is 9.13. The molecule has 5 nitrogen and oxygen atoms in total. The Morgan fingerprint density at radius 2 is 2.00 bits per heavy atom. The van der Waals surface area contributed by atoms with Crippen molar-refractivity contribution in [2.24, 2.45) is 10.9 Å². The lowest BCUT2D eigenvalue weighted by atomic mass is 9.95. The first-order chi connectivity index (χ1) is 10.6. The van der Waals surface area contributed by atoms with E-state index in [-0.39, 0.29) is 23.1 Å². The van der Waals surface area contributed by atoms with Crippen molar-refractivity contribution in [2.45, 2.75) is 6.54 Å². The zero-order chi connectivity index (χ0) is 15.7. The van der Waals surface area contributed by atoms with Crippen LogP contribution in [0.3, 0.4) is 0 Å². The Morgan fingerprint density at radius 1 is 1.27 bits per heavy atom. The first-order valence-electron chi connectivity index (χ1n) is 6.67. The highest BCUT2D eigenvalue weighted by Gasteiger charge is 2.33. The maximum atomic E-state index is 12.5. The van der Waals surface area contributed by atoms with E-state index in [4.69, 9.17) is 17.3 Å². The van der Waals surface area contributed by atoms with Gasteiger partial charge in [-0.15, -0.1) is 0 Å². The van der Waals surface area contributed by atoms with Gasteiger partial charge >= 0.3 is 5.97 Å². The first-order valence-corrected chi connectivity index (χ1v) is 7.08. The molecule has 0 saturated heterocycles. The summed E-state index contributed by atoms with van der Waals surface area (Å²) in [7, 11) is 0. The van der Waals surface area contributed by atoms with Gasteiger partial charge in [0.2, 0.25) is 11.0 Å². The van der Waals surface area contributed by atoms with E-state index in [1.54, 1.807) is 24.3 Å². The Morgan fingerprint density at radius 3 is 2.68 bits per heavy atom. The number of allylic oxidation sites excluding steroid dienone is 3. The van der Waals surface area contributed by atoms with E-state index in [9.17, 15) is 9.59 Å². The van der Waals surface area contributed by atoms with Gasteiger partial charge in [0, 0.05) is 0 Å². The number of carbonyl (C=O) groups is 2. The number of aliphatic imine (C=N–C) groups is 1. The van der Waals surface area contributed by atoms with E-state index in [1.165, 1.54) is 17.0 Å². The maximum absolute atomic E-state index is 12.5. The SMILES string of the molecule is O=C(O)c1ccc(CN2C(=O)C3C=CC=CC3=NC2=S)cc1. The molecule has 0 saturated carbocycles. The predicted molar refractivity (Wildman–Crippen MR) is 85.8 cm³/mol. The molecule has 22 heavy (non-hydrogen) atoms. The molecule has 1 heterocycles. The maximum Gasteiger partial charge on any atom is 0.335 e. The highest BCUT2D eigenvalue weighted by molar-refractivity contribution is 7.80. The fourth-order valence-corrected chi connectivity index (χ4v) is 2.62. The Bertz CT molecular complexity index is 747. The van der Waals surface area contributed by atoms with Crippen molar-refractivity contribution in [2.75, 3.05) is 0 Å². The minimum atomic E-state index is -0.982. The molecule has 1 aliphatic heterocycles. The van der Waals surface area contributed by atoms with E-state index < -0.39 is 11.9 Å². The number of carboxylic acid groups (broad SMARTS) is 1. The van der Waals surface area contributed by atoms with Gasteiger partial charge in [0.15, 0.2) is 0 Å². The molecule has 1 aromatic carbocycles. The van der Waals surface area contributed by atoms with Gasteiger partial charge in [-0.05, 0) is 36.0 Å². The summed E-state index contributed by atoms with van der Waals surface area (Å²) in [4.78, 5) is 29.1. The van der Waals surface area contributed by atoms with Crippen LogP contribution < -0.4 is 0 Å². The van der Waals surface area contributed by atoms with Gasteiger partial charge in [-0.1, -0.05) is 30.4 Å². The van der Waals surface area contributed by atoms with E-state index in [0.717, 1.165) is 5.56 Å². The van der Waals surface area contributed by atoms with Crippen LogP contribution in [0.4, 0.5) is 0 Å². The summed E-state index contributed by atoms with van der Waals surface area (Å²) in [6, 6.07) is 6.37. The summed E-state index contributed by atoms with van der Waals surface area (Å²) in [5.41, 5.74) is 1.67. The van der Waals surface area contributed by atoms with Gasteiger partial charge in [-0.3, -0.25) is 9.69 Å². The molecule has 6 heteroatoms. The third kappa shape index (κ3) is 2.60. The van der Waals surface area contributed by atoms with Crippen LogP contribution in [0.5, 0.6) is 0 Å². The minimum Gasteiger partial charge on any atom is -0.478 e. The molecule has 0 fully saturated rings. The van der Waals surface area contributed by atoms with Crippen molar-refractivity contribution >= 4 is 34.9 Å². The van der Waals surface area contributed by atoms with Gasteiger partial charge in [0.25, 0.3) is 0 Å². The largest absolute Gasteiger partial charge is 0.478 e. The number of carboxylic acids is 1. The average molecular weight is 312 g/mol. The predicted octanol–water partition coefficient (Wildman–Crippen LogP) is 2.20. The van der Waals surface area contributed by atoms with E-state index in [1.807, 2.05) is 12.2 Å². The summed E-state index contributed by atoms with van der Waals surface area (Å²) in [5.74, 6) is -1.49. The van der Waals surface area contributed by atoms with Crippen LogP contribution in [-0.4, -0.2) is 32.7 Å². The first kappa shape index (κ1) is 14.3. The van der Waals surface area contributed by atoms with E-state index in [0.29, 0.717) is 5.71 Å². The number of thiocarbonyl (C=S) groups is 1. The third-order valence-corrected chi connectivity index (χ3v) is 3.84. The van der Waals surface area contributed by atoms with Crippen LogP contribution in [0.1, 0.15) is 15.9 Å². The number of aromatic carboxylic acids is 1. The van der Waals surface area contributed by atoms with E-state index >= 15 is 0 Å². The Labute approximate surface area is 132 Å². The molecule has 110 valence electrons. The van der Waals surface area contributed by atoms with Gasteiger partial charge in [0.05, 0.1) is 23.7 Å². The molecule has 0 aromatic heterocycles. The van der Waals surface area contributed by atoms with Crippen LogP contribution in [0.2, 0.25) is 0 Å². The molecule has 3 rings (SSSR count). The second-order valence-electron chi connectivity index (χ2n) is 4.97. The van der Waals surface area contributed by atoms with Crippen molar-refractivity contribution in [3.8, 4) is 0 Å². The molecular formula is C16H12N2O3S. The Kier molecular flexibility index (Phi) is 3.68. The molecule has 1 atom stereocenters. The minimum absolute atomic E-state index is 0.113. The molecule has 1 aromatic rings. The standard InChI is InChI=1S/C16H12N2O3S/c19-14-12-3-1-2-4-13(12)17-16(22)18(14)9-10-5-7-11(8-6-10)15(20)21/h1-8,12H,9H2,(H,20,21). The number of carbonyl (C=O) groups excluding carboxylic acids is 1. The van der Waals surface area contributed by atoms with Crippen molar-refractivity contribution in [1.82, 2.24) is 4.90 Å². The van der Waals surface area contributed by atoms with Gasteiger partial charge in [-0.25, -0.2) is 9.79 Å². The lowest BCUT2D eigenvalue weighted by molar-refractivity contribution is -0.128. The van der Waals surface area contributed by atoms with Crippen LogP contribution in [-0.2, 0) is 11.3 Å². The highest BCUT2D eigenvalue weighted by atomic mass is 32.1. The van der Waals surface area contributed by atoms with Gasteiger partial charge < -0.3 is 5.11 Å². The second kappa shape index (κ2) is 5.65. The van der Waals surface area contributed by atoms with Crippen LogP contribution >= 0.6 is 12.2 Å². The smallest absolute Gasteiger partial charge is 0.335 e. The van der Waals surface area contributed by atoms with Crippen molar-refractivity contribution in [1.29, 1.82) is 0 Å². The van der Waals surface area contributed by atoms with Crippen molar-refractivity contribution in [3.05, 3.63) is 59.7 Å². The molecule has 1 unspecified atom stereocenters. The number of nitrogens with zero attached hydrogens (tertiary/aromatic N) is 2. The number of rotatable bonds is 3. The van der Waals surface area contributed by atoms with Crippen LogP contribution in [0.15, 0.2) is 53.6 Å². The summed E-state index contributed by atoms with van der Waals surface area (Å²) in [6.07, 6.45) is 7.22. The number of fused-ring (bicyclic) bond motifs is 1. The number of amides is 1. The van der Waals surface area contributed by atoms with E-state index in [2.05, 4.69) is 4.99 Å². The van der Waals surface area contributed by atoms with Crippen LogP contribution in [0.25, 0.3) is 0 Å². The van der Waals surface area contributed by atoms with Gasteiger partial charge in [-0.2, -0.15) is 0 Å². The molecular weight excluding hydrogens is 300 g/mol. The van der Waals surface area contributed by atoms with Crippen LogP contribution in [0, 0.1) is 5.92 Å². The molecule has 0 radical (unpaired) electrons. The van der Waals surface area contributed by atoms with Crippen molar-refractivity contribution < 1.29 is 14.7 Å². The number of hydrogen-bond donors (Lipinski definition) is 1. The summed E-state index contributed by atoms with van der Waals surface area (Å²) in [6.45, 7) is 0.280. The normalized spacial score (nSPS) is 19.9. The molecule has 0 spiro atoms. The monoisotopic (exact) mass is 312 g/mol. The highest BCUT2D eigenvalue weighted by Crippen LogP contribution is 2.21. The molecule has 1 aliphatic carbocycles. The average Bonchev–Trinajstić information content (AvgIpc) is 2.52. The topological polar surface area (TPSA) is 70.0 Å². The summed E-state index contributed by atoms with van der Waals surface area (Å²) >= 11 is 5.20. The van der Waals surface area contributed by atoms with Crippen molar-refractivity contribution in [3.63, 3.8) is 0 Å². The number of benzene rings is 1. The molecule has 2 aliphatic rings. The quantitative estimate of drug-likeness (QED) is 0.869. The lowest BCUT2D eigenvalue weighted by Crippen LogP contribution is -2.45.